The number of amides is 1. The van der Waals surface area contributed by atoms with Crippen molar-refractivity contribution in [1.29, 1.82) is 0 Å². The first-order valence-electron chi connectivity index (χ1n) is 10.2. The molecular formula is C24H25N5OS2. The third-order valence-electron chi connectivity index (χ3n) is 5.13. The Morgan fingerprint density at radius 3 is 2.47 bits per heavy atom. The molecule has 0 atom stereocenters. The fraction of sp³-hybridized carbons (Fsp3) is 0.250. The molecule has 2 aromatic heterocycles. The summed E-state index contributed by atoms with van der Waals surface area (Å²) >= 11 is 3.06. The molecule has 32 heavy (non-hydrogen) atoms. The van der Waals surface area contributed by atoms with Crippen molar-refractivity contribution in [2.45, 2.75) is 38.6 Å². The maximum absolute atomic E-state index is 12.4. The van der Waals surface area contributed by atoms with Crippen LogP contribution in [0.25, 0.3) is 11.4 Å². The maximum atomic E-state index is 12.4. The molecule has 0 aliphatic carbocycles. The summed E-state index contributed by atoms with van der Waals surface area (Å²) in [6.07, 6.45) is 0. The number of carbonyl (C=O) groups excluding carboxylic acids is 1. The van der Waals surface area contributed by atoms with Crippen LogP contribution in [-0.2, 0) is 17.6 Å². The molecule has 164 valence electrons. The second-order valence-corrected chi connectivity index (χ2v) is 9.56. The second kappa shape index (κ2) is 9.26. The molecule has 0 fully saturated rings. The molecule has 2 aromatic carbocycles. The first-order chi connectivity index (χ1) is 15.3. The highest BCUT2D eigenvalue weighted by molar-refractivity contribution is 7.98. The molecule has 2 heterocycles. The van der Waals surface area contributed by atoms with Gasteiger partial charge in [-0.05, 0) is 32.4 Å². The van der Waals surface area contributed by atoms with Crippen LogP contribution in [0.5, 0.6) is 0 Å². The predicted octanol–water partition coefficient (Wildman–Crippen LogP) is 5.84. The molecule has 0 N–H and O–H groups in total. The number of aromatic nitrogens is 4. The minimum atomic E-state index is -0.0541. The van der Waals surface area contributed by atoms with E-state index in [0.29, 0.717) is 10.9 Å². The van der Waals surface area contributed by atoms with Crippen molar-refractivity contribution in [3.05, 3.63) is 70.2 Å². The van der Waals surface area contributed by atoms with Gasteiger partial charge >= 0.3 is 0 Å². The largest absolute Gasteiger partial charge is 0.305 e. The molecular weight excluding hydrogens is 438 g/mol. The summed E-state index contributed by atoms with van der Waals surface area (Å²) in [6.45, 7) is 7.70. The van der Waals surface area contributed by atoms with E-state index >= 15 is 0 Å². The molecule has 4 rings (SSSR count). The highest BCUT2D eigenvalue weighted by atomic mass is 32.2. The standard InChI is InChI=1S/C24H25N5OS2/c1-15-6-9-19(10-7-15)22-26-27-24(28(22)5)32-14-20-13-31-23(25-20)29(18(4)30)21-11-8-16(2)12-17(21)3/h6-13H,14H2,1-5H3. The number of hydrogen-bond acceptors (Lipinski definition) is 6. The Morgan fingerprint density at radius 2 is 1.78 bits per heavy atom. The van der Waals surface area contributed by atoms with Gasteiger partial charge in [0.05, 0.1) is 11.4 Å². The predicted molar refractivity (Wildman–Crippen MR) is 132 cm³/mol. The molecule has 8 heteroatoms. The highest BCUT2D eigenvalue weighted by Crippen LogP contribution is 2.33. The number of aryl methyl sites for hydroxylation is 3. The lowest BCUT2D eigenvalue weighted by Gasteiger charge is -2.20. The summed E-state index contributed by atoms with van der Waals surface area (Å²) in [5.41, 5.74) is 6.25. The summed E-state index contributed by atoms with van der Waals surface area (Å²) < 4.78 is 2.00. The van der Waals surface area contributed by atoms with Crippen LogP contribution in [0.1, 0.15) is 29.3 Å². The van der Waals surface area contributed by atoms with Gasteiger partial charge in [0.2, 0.25) is 5.91 Å². The van der Waals surface area contributed by atoms with Crippen LogP contribution < -0.4 is 4.90 Å². The average Bonchev–Trinajstić information content (AvgIpc) is 3.35. The summed E-state index contributed by atoms with van der Waals surface area (Å²) in [5.74, 6) is 1.43. The molecule has 0 saturated heterocycles. The minimum absolute atomic E-state index is 0.0541. The van der Waals surface area contributed by atoms with E-state index in [-0.39, 0.29) is 5.91 Å². The van der Waals surface area contributed by atoms with Crippen LogP contribution in [0.3, 0.4) is 0 Å². The van der Waals surface area contributed by atoms with Crippen molar-refractivity contribution in [2.75, 3.05) is 4.90 Å². The quantitative estimate of drug-likeness (QED) is 0.336. The number of carbonyl (C=O) groups is 1. The van der Waals surface area contributed by atoms with Crippen LogP contribution in [0.2, 0.25) is 0 Å². The maximum Gasteiger partial charge on any atom is 0.230 e. The van der Waals surface area contributed by atoms with Gasteiger partial charge in [-0.15, -0.1) is 21.5 Å². The number of hydrogen-bond donors (Lipinski definition) is 0. The lowest BCUT2D eigenvalue weighted by molar-refractivity contribution is -0.115. The van der Waals surface area contributed by atoms with E-state index in [2.05, 4.69) is 47.5 Å². The minimum Gasteiger partial charge on any atom is -0.305 e. The summed E-state index contributed by atoms with van der Waals surface area (Å²) in [7, 11) is 1.97. The van der Waals surface area contributed by atoms with E-state index in [0.717, 1.165) is 33.5 Å². The van der Waals surface area contributed by atoms with Crippen molar-refractivity contribution in [1.82, 2.24) is 19.7 Å². The molecule has 0 bridgehead atoms. The van der Waals surface area contributed by atoms with Gasteiger partial charge in [0.15, 0.2) is 16.1 Å². The molecule has 0 unspecified atom stereocenters. The Kier molecular flexibility index (Phi) is 6.43. The van der Waals surface area contributed by atoms with E-state index in [1.54, 1.807) is 23.6 Å². The zero-order valence-electron chi connectivity index (χ0n) is 18.8. The van der Waals surface area contributed by atoms with Crippen molar-refractivity contribution in [2.24, 2.45) is 7.05 Å². The Labute approximate surface area is 196 Å². The topological polar surface area (TPSA) is 63.9 Å². The van der Waals surface area contributed by atoms with Gasteiger partial charge in [-0.1, -0.05) is 59.3 Å². The number of thioether (sulfide) groups is 1. The van der Waals surface area contributed by atoms with Crippen LogP contribution in [0.15, 0.2) is 53.0 Å². The summed E-state index contributed by atoms with van der Waals surface area (Å²) in [5, 5.41) is 12.2. The van der Waals surface area contributed by atoms with Gasteiger partial charge in [-0.3, -0.25) is 9.69 Å². The Hall–Kier alpha value is -2.97. The average molecular weight is 464 g/mol. The van der Waals surface area contributed by atoms with E-state index in [1.165, 1.54) is 22.5 Å². The first kappa shape index (κ1) is 22.2. The number of benzene rings is 2. The SMILES string of the molecule is CC(=O)N(c1nc(CSc2nnc(-c3ccc(C)cc3)n2C)cs1)c1ccc(C)cc1C. The number of thiazole rings is 1. The molecule has 0 saturated carbocycles. The third-order valence-corrected chi connectivity index (χ3v) is 7.06. The zero-order chi connectivity index (χ0) is 22.8. The molecule has 0 radical (unpaired) electrons. The van der Waals surface area contributed by atoms with E-state index in [1.807, 2.05) is 43.0 Å². The first-order valence-corrected chi connectivity index (χ1v) is 12.1. The molecule has 1 amide bonds. The molecule has 0 spiro atoms. The summed E-state index contributed by atoms with van der Waals surface area (Å²) in [6, 6.07) is 14.3. The molecule has 0 aliphatic heterocycles. The smallest absolute Gasteiger partial charge is 0.230 e. The van der Waals surface area contributed by atoms with Crippen LogP contribution in [0, 0.1) is 20.8 Å². The molecule has 4 aromatic rings. The van der Waals surface area contributed by atoms with E-state index in [4.69, 9.17) is 4.98 Å². The number of rotatable bonds is 6. The van der Waals surface area contributed by atoms with Crippen LogP contribution in [-0.4, -0.2) is 25.7 Å². The Bertz CT molecular complexity index is 1260. The van der Waals surface area contributed by atoms with Crippen LogP contribution >= 0.6 is 23.1 Å². The number of nitrogens with zero attached hydrogens (tertiary/aromatic N) is 5. The highest BCUT2D eigenvalue weighted by Gasteiger charge is 2.20. The van der Waals surface area contributed by atoms with Gasteiger partial charge in [-0.25, -0.2) is 4.98 Å². The van der Waals surface area contributed by atoms with Crippen molar-refractivity contribution >= 4 is 39.8 Å². The van der Waals surface area contributed by atoms with E-state index in [9.17, 15) is 4.79 Å². The van der Waals surface area contributed by atoms with Crippen molar-refractivity contribution < 1.29 is 4.79 Å². The van der Waals surface area contributed by atoms with Gasteiger partial charge in [0, 0.05) is 30.7 Å². The lowest BCUT2D eigenvalue weighted by Crippen LogP contribution is -2.23. The van der Waals surface area contributed by atoms with Gasteiger partial charge < -0.3 is 4.57 Å². The molecule has 6 nitrogen and oxygen atoms in total. The monoisotopic (exact) mass is 463 g/mol. The van der Waals surface area contributed by atoms with Gasteiger partial charge in [0.25, 0.3) is 0 Å². The third kappa shape index (κ3) is 4.61. The fourth-order valence-electron chi connectivity index (χ4n) is 3.46. The van der Waals surface area contributed by atoms with E-state index < -0.39 is 0 Å². The second-order valence-electron chi connectivity index (χ2n) is 7.79. The van der Waals surface area contributed by atoms with Crippen molar-refractivity contribution in [3.8, 4) is 11.4 Å². The van der Waals surface area contributed by atoms with Gasteiger partial charge in [0.1, 0.15) is 0 Å². The molecule has 0 aliphatic rings. The fourth-order valence-corrected chi connectivity index (χ4v) is 5.25. The Balaban J connectivity index is 1.51. The Morgan fingerprint density at radius 1 is 1.06 bits per heavy atom. The zero-order valence-corrected chi connectivity index (χ0v) is 20.4. The number of anilines is 2. The normalized spacial score (nSPS) is 11.0. The van der Waals surface area contributed by atoms with Crippen molar-refractivity contribution in [3.63, 3.8) is 0 Å². The lowest BCUT2D eigenvalue weighted by atomic mass is 10.1. The van der Waals surface area contributed by atoms with Crippen LogP contribution in [0.4, 0.5) is 10.8 Å². The van der Waals surface area contributed by atoms with Gasteiger partial charge in [-0.2, -0.15) is 0 Å². The summed E-state index contributed by atoms with van der Waals surface area (Å²) in [4.78, 5) is 18.9.